The number of fused-ring (bicyclic) bond motifs is 1. The molecule has 0 radical (unpaired) electrons. The SMILES string of the molecule is O=C(CC1CN(Cc2ccc3c(c2)OCCO3)CCN1c1ccnc(-n2ccnc2)n1)NCCc1cccs1. The Kier molecular flexibility index (Phi) is 7.68. The molecule has 1 aromatic carbocycles. The Bertz CT molecular complexity index is 1380. The molecule has 0 spiro atoms. The summed E-state index contributed by atoms with van der Waals surface area (Å²) in [6.45, 7) is 4.87. The minimum Gasteiger partial charge on any atom is -0.486 e. The standard InChI is InChI=1S/C28H31N7O3S/c36-27(30-7-5-23-2-1-15-39-23)17-22-19-33(18-21-3-4-24-25(16-21)38-14-13-37-24)11-12-35(22)26-6-8-31-28(32-26)34-10-9-29-20-34/h1-4,6,8-10,15-16,20,22H,5,7,11-14,17-19H2,(H,30,36). The Morgan fingerprint density at radius 3 is 2.87 bits per heavy atom. The van der Waals surface area contributed by atoms with E-state index in [1.54, 1.807) is 34.6 Å². The molecule has 2 aliphatic heterocycles. The zero-order chi connectivity index (χ0) is 26.4. The molecule has 4 aromatic rings. The smallest absolute Gasteiger partial charge is 0.236 e. The van der Waals surface area contributed by atoms with E-state index in [9.17, 15) is 4.79 Å². The van der Waals surface area contributed by atoms with E-state index in [4.69, 9.17) is 14.5 Å². The van der Waals surface area contributed by atoms with Crippen LogP contribution in [0.25, 0.3) is 5.95 Å². The number of carbonyl (C=O) groups excluding carboxylic acids is 1. The topological polar surface area (TPSA) is 97.6 Å². The number of ether oxygens (including phenoxy) is 2. The average Bonchev–Trinajstić information content (AvgIpc) is 3.69. The number of amides is 1. The van der Waals surface area contributed by atoms with E-state index in [1.807, 2.05) is 24.4 Å². The van der Waals surface area contributed by atoms with Gasteiger partial charge in [-0.15, -0.1) is 11.3 Å². The van der Waals surface area contributed by atoms with Crippen molar-refractivity contribution in [3.8, 4) is 17.4 Å². The molecule has 10 nitrogen and oxygen atoms in total. The number of imidazole rings is 1. The number of anilines is 1. The van der Waals surface area contributed by atoms with Gasteiger partial charge in [0.05, 0.1) is 6.04 Å². The second-order valence-corrected chi connectivity index (χ2v) is 10.7. The van der Waals surface area contributed by atoms with Gasteiger partial charge in [0.1, 0.15) is 25.4 Å². The zero-order valence-corrected chi connectivity index (χ0v) is 22.4. The Hall–Kier alpha value is -3.96. The first-order valence-corrected chi connectivity index (χ1v) is 14.1. The van der Waals surface area contributed by atoms with Crippen LogP contribution >= 0.6 is 11.3 Å². The fourth-order valence-electron chi connectivity index (χ4n) is 5.05. The molecule has 1 N–H and O–H groups in total. The van der Waals surface area contributed by atoms with Crippen molar-refractivity contribution in [3.05, 3.63) is 77.1 Å². The van der Waals surface area contributed by atoms with Gasteiger partial charge in [-0.1, -0.05) is 12.1 Å². The molecule has 6 rings (SSSR count). The third kappa shape index (κ3) is 6.21. The van der Waals surface area contributed by atoms with Gasteiger partial charge in [-0.3, -0.25) is 14.3 Å². The van der Waals surface area contributed by atoms with E-state index >= 15 is 0 Å². The van der Waals surface area contributed by atoms with Gasteiger partial charge < -0.3 is 19.7 Å². The van der Waals surface area contributed by atoms with Gasteiger partial charge in [-0.05, 0) is 41.6 Å². The highest BCUT2D eigenvalue weighted by atomic mass is 32.1. The number of carbonyl (C=O) groups is 1. The van der Waals surface area contributed by atoms with Gasteiger partial charge in [0.2, 0.25) is 11.9 Å². The fraction of sp³-hybridized carbons (Fsp3) is 0.357. The van der Waals surface area contributed by atoms with Gasteiger partial charge >= 0.3 is 0 Å². The molecule has 1 amide bonds. The van der Waals surface area contributed by atoms with E-state index in [0.717, 1.165) is 55.5 Å². The van der Waals surface area contributed by atoms with Gasteiger partial charge in [0.25, 0.3) is 0 Å². The van der Waals surface area contributed by atoms with Crippen molar-refractivity contribution in [2.45, 2.75) is 25.4 Å². The van der Waals surface area contributed by atoms with Crippen molar-refractivity contribution < 1.29 is 14.3 Å². The van der Waals surface area contributed by atoms with Crippen molar-refractivity contribution in [2.75, 3.05) is 44.3 Å². The Morgan fingerprint density at radius 1 is 1.10 bits per heavy atom. The Balaban J connectivity index is 1.16. The third-order valence-corrected chi connectivity index (χ3v) is 7.87. The second kappa shape index (κ2) is 11.8. The third-order valence-electron chi connectivity index (χ3n) is 6.93. The predicted molar refractivity (Wildman–Crippen MR) is 149 cm³/mol. The first-order chi connectivity index (χ1) is 19.2. The number of hydrogen-bond donors (Lipinski definition) is 1. The maximum Gasteiger partial charge on any atom is 0.236 e. The number of thiophene rings is 1. The number of rotatable bonds is 9. The van der Waals surface area contributed by atoms with Crippen LogP contribution in [0.15, 0.2) is 66.7 Å². The van der Waals surface area contributed by atoms with Crippen LogP contribution in [-0.4, -0.2) is 75.8 Å². The summed E-state index contributed by atoms with van der Waals surface area (Å²) < 4.78 is 13.2. The highest BCUT2D eigenvalue weighted by Crippen LogP contribution is 2.31. The lowest BCUT2D eigenvalue weighted by molar-refractivity contribution is -0.121. The van der Waals surface area contributed by atoms with Crippen molar-refractivity contribution in [1.82, 2.24) is 29.7 Å². The molecular weight excluding hydrogens is 514 g/mol. The first kappa shape index (κ1) is 25.3. The lowest BCUT2D eigenvalue weighted by Gasteiger charge is -2.42. The molecule has 202 valence electrons. The molecule has 39 heavy (non-hydrogen) atoms. The van der Waals surface area contributed by atoms with Crippen LogP contribution in [-0.2, 0) is 17.8 Å². The van der Waals surface area contributed by atoms with Crippen molar-refractivity contribution in [1.29, 1.82) is 0 Å². The summed E-state index contributed by atoms with van der Waals surface area (Å²) >= 11 is 1.71. The molecule has 3 aromatic heterocycles. The van der Waals surface area contributed by atoms with Crippen LogP contribution in [0.2, 0.25) is 0 Å². The Morgan fingerprint density at radius 2 is 2.03 bits per heavy atom. The fourth-order valence-corrected chi connectivity index (χ4v) is 5.76. The maximum absolute atomic E-state index is 13.1. The summed E-state index contributed by atoms with van der Waals surface area (Å²) in [6.07, 6.45) is 8.19. The number of piperazine rings is 1. The van der Waals surface area contributed by atoms with E-state index in [1.165, 1.54) is 4.88 Å². The molecule has 1 atom stereocenters. The molecule has 0 saturated carbocycles. The quantitative estimate of drug-likeness (QED) is 0.343. The van der Waals surface area contributed by atoms with E-state index in [-0.39, 0.29) is 11.9 Å². The Labute approximate surface area is 231 Å². The van der Waals surface area contributed by atoms with Gasteiger partial charge in [-0.25, -0.2) is 9.97 Å². The summed E-state index contributed by atoms with van der Waals surface area (Å²) in [4.78, 5) is 32.3. The van der Waals surface area contributed by atoms with E-state index in [2.05, 4.69) is 48.7 Å². The normalized spacial score (nSPS) is 17.2. The molecule has 11 heteroatoms. The second-order valence-electron chi connectivity index (χ2n) is 9.63. The zero-order valence-electron chi connectivity index (χ0n) is 21.6. The largest absolute Gasteiger partial charge is 0.486 e. The molecule has 1 unspecified atom stereocenters. The summed E-state index contributed by atoms with van der Waals surface area (Å²) in [6, 6.07) is 12.2. The molecular formula is C28H31N7O3S. The van der Waals surface area contributed by atoms with Gasteiger partial charge in [0, 0.05) is 62.6 Å². The molecule has 1 saturated heterocycles. The minimum absolute atomic E-state index is 0.0387. The van der Waals surface area contributed by atoms with Crippen LogP contribution in [0.1, 0.15) is 16.9 Å². The van der Waals surface area contributed by atoms with Crippen LogP contribution < -0.4 is 19.7 Å². The van der Waals surface area contributed by atoms with E-state index < -0.39 is 0 Å². The summed E-state index contributed by atoms with van der Waals surface area (Å²) in [5.74, 6) is 3.01. The first-order valence-electron chi connectivity index (χ1n) is 13.2. The van der Waals surface area contributed by atoms with E-state index in [0.29, 0.717) is 32.1 Å². The summed E-state index contributed by atoms with van der Waals surface area (Å²) in [5, 5.41) is 5.18. The monoisotopic (exact) mass is 545 g/mol. The van der Waals surface area contributed by atoms with Crippen molar-refractivity contribution >= 4 is 23.1 Å². The molecule has 1 fully saturated rings. The van der Waals surface area contributed by atoms with Crippen molar-refractivity contribution in [3.63, 3.8) is 0 Å². The average molecular weight is 546 g/mol. The molecule has 2 aliphatic rings. The molecule has 5 heterocycles. The predicted octanol–water partition coefficient (Wildman–Crippen LogP) is 2.93. The lowest BCUT2D eigenvalue weighted by Crippen LogP contribution is -2.54. The number of nitrogens with one attached hydrogen (secondary N) is 1. The van der Waals surface area contributed by atoms with Crippen LogP contribution in [0.3, 0.4) is 0 Å². The van der Waals surface area contributed by atoms with Gasteiger partial charge in [-0.2, -0.15) is 4.98 Å². The number of nitrogens with zero attached hydrogens (tertiary/aromatic N) is 6. The number of aromatic nitrogens is 4. The lowest BCUT2D eigenvalue weighted by atomic mass is 10.1. The van der Waals surface area contributed by atoms with Crippen LogP contribution in [0.4, 0.5) is 5.82 Å². The minimum atomic E-state index is -0.0387. The number of benzene rings is 1. The molecule has 0 aliphatic carbocycles. The number of hydrogen-bond acceptors (Lipinski definition) is 9. The van der Waals surface area contributed by atoms with Gasteiger partial charge in [0.15, 0.2) is 11.5 Å². The van der Waals surface area contributed by atoms with Crippen LogP contribution in [0.5, 0.6) is 11.5 Å². The maximum atomic E-state index is 13.1. The summed E-state index contributed by atoms with van der Waals surface area (Å²) in [7, 11) is 0. The van der Waals surface area contributed by atoms with Crippen LogP contribution in [0, 0.1) is 0 Å². The molecule has 0 bridgehead atoms. The van der Waals surface area contributed by atoms with Crippen molar-refractivity contribution in [2.24, 2.45) is 0 Å². The highest BCUT2D eigenvalue weighted by molar-refractivity contribution is 7.09. The summed E-state index contributed by atoms with van der Waals surface area (Å²) in [5.41, 5.74) is 1.16. The highest BCUT2D eigenvalue weighted by Gasteiger charge is 2.30.